The molecule has 2 aromatic carbocycles. The van der Waals surface area contributed by atoms with Crippen LogP contribution in [0.15, 0.2) is 70.4 Å². The first kappa shape index (κ1) is 19.8. The lowest BCUT2D eigenvalue weighted by Crippen LogP contribution is -2.06. The van der Waals surface area contributed by atoms with Gasteiger partial charge in [0, 0.05) is 10.9 Å². The Morgan fingerprint density at radius 2 is 1.90 bits per heavy atom. The average molecular weight is 444 g/mol. The molecule has 0 atom stereocenters. The van der Waals surface area contributed by atoms with Crippen molar-refractivity contribution in [2.45, 2.75) is 11.7 Å². The van der Waals surface area contributed by atoms with Crippen molar-refractivity contribution >= 4 is 57.5 Å². The van der Waals surface area contributed by atoms with Crippen molar-refractivity contribution in [3.8, 4) is 0 Å². The minimum atomic E-state index is -0.0737. The molecule has 0 aliphatic heterocycles. The van der Waals surface area contributed by atoms with Gasteiger partial charge in [-0.25, -0.2) is 9.97 Å². The highest BCUT2D eigenvalue weighted by atomic mass is 35.5. The van der Waals surface area contributed by atoms with Gasteiger partial charge in [0.1, 0.15) is 11.6 Å². The highest BCUT2D eigenvalue weighted by molar-refractivity contribution is 7.99. The van der Waals surface area contributed by atoms with E-state index in [1.54, 1.807) is 24.5 Å². The van der Waals surface area contributed by atoms with Gasteiger partial charge in [-0.3, -0.25) is 4.79 Å². The highest BCUT2D eigenvalue weighted by Gasteiger charge is 2.13. The number of anilines is 1. The maximum Gasteiger partial charge on any atom is 0.190 e. The van der Waals surface area contributed by atoms with Gasteiger partial charge in [-0.2, -0.15) is 0 Å². The maximum absolute atomic E-state index is 12.5. The van der Waals surface area contributed by atoms with Crippen molar-refractivity contribution < 1.29 is 9.21 Å². The van der Waals surface area contributed by atoms with Gasteiger partial charge in [0.25, 0.3) is 0 Å². The third-order valence-corrected chi connectivity index (χ3v) is 5.75. The van der Waals surface area contributed by atoms with Gasteiger partial charge in [-0.05, 0) is 42.5 Å². The second kappa shape index (κ2) is 8.86. The Morgan fingerprint density at radius 1 is 1.03 bits per heavy atom. The number of thioether (sulfide) groups is 1. The summed E-state index contributed by atoms with van der Waals surface area (Å²) in [6.45, 7) is 0.500. The SMILES string of the molecule is O=C(CSc1nc(NCc2ccco2)c2ccccc2n1)c1ccc(Cl)c(Cl)c1. The van der Waals surface area contributed by atoms with E-state index in [1.807, 2.05) is 36.4 Å². The Morgan fingerprint density at radius 3 is 2.69 bits per heavy atom. The Bertz CT molecular complexity index is 1170. The largest absolute Gasteiger partial charge is 0.467 e. The average Bonchev–Trinajstić information content (AvgIpc) is 3.26. The second-order valence-electron chi connectivity index (χ2n) is 6.15. The predicted octanol–water partition coefficient (Wildman–Crippen LogP) is 6.12. The van der Waals surface area contributed by atoms with E-state index in [2.05, 4.69) is 15.3 Å². The molecule has 5 nitrogen and oxygen atoms in total. The summed E-state index contributed by atoms with van der Waals surface area (Å²) < 4.78 is 5.37. The molecule has 146 valence electrons. The van der Waals surface area contributed by atoms with E-state index in [0.717, 1.165) is 16.7 Å². The number of Topliss-reactive ketones (excluding diaryl/α,β-unsaturated/α-hetero) is 1. The number of benzene rings is 2. The molecule has 0 bridgehead atoms. The summed E-state index contributed by atoms with van der Waals surface area (Å²) in [6, 6.07) is 16.3. The molecule has 1 N–H and O–H groups in total. The molecule has 2 aromatic heterocycles. The molecule has 4 rings (SSSR count). The monoisotopic (exact) mass is 443 g/mol. The molecular formula is C21H15Cl2N3O2S. The number of para-hydroxylation sites is 1. The molecule has 4 aromatic rings. The second-order valence-corrected chi connectivity index (χ2v) is 7.90. The molecule has 0 unspecified atom stereocenters. The van der Waals surface area contributed by atoms with Gasteiger partial charge in [0.05, 0.1) is 34.1 Å². The molecule has 0 aliphatic rings. The van der Waals surface area contributed by atoms with Crippen LogP contribution in [0.1, 0.15) is 16.1 Å². The fourth-order valence-electron chi connectivity index (χ4n) is 2.72. The Labute approximate surface area is 181 Å². The number of nitrogens with zero attached hydrogens (tertiary/aromatic N) is 2. The molecule has 0 saturated carbocycles. The molecule has 0 fully saturated rings. The van der Waals surface area contributed by atoms with Crippen LogP contribution in [0.3, 0.4) is 0 Å². The van der Waals surface area contributed by atoms with Gasteiger partial charge in [0.15, 0.2) is 10.9 Å². The summed E-state index contributed by atoms with van der Waals surface area (Å²) >= 11 is 13.2. The number of halogens is 2. The van der Waals surface area contributed by atoms with E-state index >= 15 is 0 Å². The van der Waals surface area contributed by atoms with Crippen molar-refractivity contribution in [3.05, 3.63) is 82.2 Å². The van der Waals surface area contributed by atoms with Gasteiger partial charge < -0.3 is 9.73 Å². The highest BCUT2D eigenvalue weighted by Crippen LogP contribution is 2.27. The molecule has 8 heteroatoms. The molecule has 0 aliphatic carbocycles. The number of aromatic nitrogens is 2. The predicted molar refractivity (Wildman–Crippen MR) is 117 cm³/mol. The zero-order chi connectivity index (χ0) is 20.2. The Kier molecular flexibility index (Phi) is 6.04. The smallest absolute Gasteiger partial charge is 0.190 e. The number of nitrogens with one attached hydrogen (secondary N) is 1. The van der Waals surface area contributed by atoms with Gasteiger partial charge in [0.2, 0.25) is 0 Å². The van der Waals surface area contributed by atoms with Gasteiger partial charge in [-0.1, -0.05) is 47.1 Å². The minimum Gasteiger partial charge on any atom is -0.467 e. The first-order valence-electron chi connectivity index (χ1n) is 8.74. The van der Waals surface area contributed by atoms with Crippen LogP contribution in [0.5, 0.6) is 0 Å². The number of carbonyl (C=O) groups is 1. The molecule has 0 radical (unpaired) electrons. The Hall–Kier alpha value is -2.54. The van der Waals surface area contributed by atoms with E-state index in [1.165, 1.54) is 11.8 Å². The first-order valence-corrected chi connectivity index (χ1v) is 10.5. The van der Waals surface area contributed by atoms with Crippen LogP contribution in [-0.4, -0.2) is 21.5 Å². The van der Waals surface area contributed by atoms with Crippen LogP contribution in [0.4, 0.5) is 5.82 Å². The number of hydrogen-bond donors (Lipinski definition) is 1. The molecular weight excluding hydrogens is 429 g/mol. The minimum absolute atomic E-state index is 0.0737. The van der Waals surface area contributed by atoms with E-state index in [-0.39, 0.29) is 11.5 Å². The number of fused-ring (bicyclic) bond motifs is 1. The van der Waals surface area contributed by atoms with E-state index in [4.69, 9.17) is 27.6 Å². The fraction of sp³-hybridized carbons (Fsp3) is 0.0952. The lowest BCUT2D eigenvalue weighted by molar-refractivity contribution is 0.102. The molecule has 0 spiro atoms. The van der Waals surface area contributed by atoms with E-state index in [9.17, 15) is 4.79 Å². The zero-order valence-electron chi connectivity index (χ0n) is 15.1. The number of carbonyl (C=O) groups excluding carboxylic acids is 1. The van der Waals surface area contributed by atoms with E-state index in [0.29, 0.717) is 33.1 Å². The first-order chi connectivity index (χ1) is 14.1. The van der Waals surface area contributed by atoms with Crippen LogP contribution in [0.2, 0.25) is 10.0 Å². The van der Waals surface area contributed by atoms with Gasteiger partial charge >= 0.3 is 0 Å². The van der Waals surface area contributed by atoms with Crippen molar-refractivity contribution in [1.82, 2.24) is 9.97 Å². The van der Waals surface area contributed by atoms with Crippen LogP contribution >= 0.6 is 35.0 Å². The summed E-state index contributed by atoms with van der Waals surface area (Å²) in [5.74, 6) is 1.61. The summed E-state index contributed by atoms with van der Waals surface area (Å²) in [5, 5.41) is 5.48. The fourth-order valence-corrected chi connectivity index (χ4v) is 3.77. The summed E-state index contributed by atoms with van der Waals surface area (Å²) in [5.41, 5.74) is 1.30. The zero-order valence-corrected chi connectivity index (χ0v) is 17.4. The molecule has 29 heavy (non-hydrogen) atoms. The summed E-state index contributed by atoms with van der Waals surface area (Å²) in [4.78, 5) is 21.7. The summed E-state index contributed by atoms with van der Waals surface area (Å²) in [7, 11) is 0. The number of ketones is 1. The lowest BCUT2D eigenvalue weighted by Gasteiger charge is -2.10. The molecule has 0 saturated heterocycles. The molecule has 2 heterocycles. The topological polar surface area (TPSA) is 68.0 Å². The van der Waals surface area contributed by atoms with Crippen molar-refractivity contribution in [2.75, 3.05) is 11.1 Å². The maximum atomic E-state index is 12.5. The summed E-state index contributed by atoms with van der Waals surface area (Å²) in [6.07, 6.45) is 1.63. The number of rotatable bonds is 7. The van der Waals surface area contributed by atoms with Crippen molar-refractivity contribution in [1.29, 1.82) is 0 Å². The van der Waals surface area contributed by atoms with Crippen molar-refractivity contribution in [2.24, 2.45) is 0 Å². The third-order valence-electron chi connectivity index (χ3n) is 4.17. The molecule has 0 amide bonds. The van der Waals surface area contributed by atoms with E-state index < -0.39 is 0 Å². The van der Waals surface area contributed by atoms with Crippen LogP contribution in [0, 0.1) is 0 Å². The van der Waals surface area contributed by atoms with Crippen LogP contribution in [-0.2, 0) is 6.54 Å². The van der Waals surface area contributed by atoms with Crippen LogP contribution in [0.25, 0.3) is 10.9 Å². The van der Waals surface area contributed by atoms with Crippen molar-refractivity contribution in [3.63, 3.8) is 0 Å². The number of furan rings is 1. The van der Waals surface area contributed by atoms with Crippen LogP contribution < -0.4 is 5.32 Å². The van der Waals surface area contributed by atoms with Gasteiger partial charge in [-0.15, -0.1) is 0 Å². The number of hydrogen-bond acceptors (Lipinski definition) is 6. The quantitative estimate of drug-likeness (QED) is 0.211. The third kappa shape index (κ3) is 4.72. The Balaban J connectivity index is 1.53. The normalized spacial score (nSPS) is 11.0. The lowest BCUT2D eigenvalue weighted by atomic mass is 10.1. The standard InChI is InChI=1S/C21H15Cl2N3O2S/c22-16-8-7-13(10-17(16)23)19(27)12-29-21-25-18-6-2-1-5-15(18)20(26-21)24-11-14-4-3-9-28-14/h1-10H,11-12H2,(H,24,25,26).